The second-order valence-electron chi connectivity index (χ2n) is 9.24. The summed E-state index contributed by atoms with van der Waals surface area (Å²) in [6.45, 7) is 6.35. The van der Waals surface area contributed by atoms with Crippen LogP contribution in [0.1, 0.15) is 65.7 Å². The Bertz CT molecular complexity index is 553. The minimum absolute atomic E-state index is 0.118. The third-order valence-electron chi connectivity index (χ3n) is 7.99. The molecule has 0 unspecified atom stereocenters. The molecule has 3 fully saturated rings. The van der Waals surface area contributed by atoms with Crippen molar-refractivity contribution in [1.29, 1.82) is 0 Å². The van der Waals surface area contributed by atoms with Gasteiger partial charge in [0.2, 0.25) is 0 Å². The molecule has 0 heterocycles. The van der Waals surface area contributed by atoms with E-state index < -0.39 is 0 Å². The molecule has 0 amide bonds. The van der Waals surface area contributed by atoms with E-state index in [2.05, 4.69) is 19.9 Å². The van der Waals surface area contributed by atoms with E-state index in [1.165, 1.54) is 19.3 Å². The molecule has 0 aliphatic heterocycles. The number of hydrogen-bond donors (Lipinski definition) is 1. The number of ether oxygens (including phenoxy) is 1. The number of aliphatic hydroxyl groups excluding tert-OH is 1. The van der Waals surface area contributed by atoms with Gasteiger partial charge in [-0.15, -0.1) is 0 Å². The summed E-state index contributed by atoms with van der Waals surface area (Å²) in [5.74, 6) is 3.51. The average molecular weight is 332 g/mol. The summed E-state index contributed by atoms with van der Waals surface area (Å²) < 4.78 is 5.74. The topological polar surface area (TPSA) is 46.5 Å². The van der Waals surface area contributed by atoms with Gasteiger partial charge in [-0.05, 0) is 74.5 Å². The van der Waals surface area contributed by atoms with Crippen molar-refractivity contribution >= 4 is 5.97 Å². The third kappa shape index (κ3) is 2.46. The lowest BCUT2D eigenvalue weighted by Crippen LogP contribution is -2.50. The van der Waals surface area contributed by atoms with Gasteiger partial charge in [-0.3, -0.25) is 4.79 Å². The van der Waals surface area contributed by atoms with Crippen molar-refractivity contribution in [2.24, 2.45) is 35.0 Å². The highest BCUT2D eigenvalue weighted by molar-refractivity contribution is 5.66. The average Bonchev–Trinajstić information content (AvgIpc) is 2.83. The van der Waals surface area contributed by atoms with Crippen LogP contribution in [0.4, 0.5) is 0 Å². The van der Waals surface area contributed by atoms with Crippen molar-refractivity contribution in [1.82, 2.24) is 0 Å². The first-order valence-corrected chi connectivity index (χ1v) is 9.96. The van der Waals surface area contributed by atoms with E-state index in [9.17, 15) is 9.90 Å². The van der Waals surface area contributed by atoms with Crippen LogP contribution in [0.5, 0.6) is 0 Å². The number of esters is 1. The Hall–Kier alpha value is -0.830. The summed E-state index contributed by atoms with van der Waals surface area (Å²) in [6, 6.07) is 0. The summed E-state index contributed by atoms with van der Waals surface area (Å²) in [7, 11) is 0. The highest BCUT2D eigenvalue weighted by Crippen LogP contribution is 2.63. The van der Waals surface area contributed by atoms with Crippen LogP contribution >= 0.6 is 0 Å². The second-order valence-corrected chi connectivity index (χ2v) is 9.24. The highest BCUT2D eigenvalue weighted by atomic mass is 16.5. The van der Waals surface area contributed by atoms with E-state index in [-0.39, 0.29) is 23.6 Å². The molecule has 0 aromatic rings. The summed E-state index contributed by atoms with van der Waals surface area (Å²) in [5, 5.41) is 10.0. The first-order valence-electron chi connectivity index (χ1n) is 9.96. The Balaban J connectivity index is 1.61. The Morgan fingerprint density at radius 2 is 2.04 bits per heavy atom. The lowest BCUT2D eigenvalue weighted by atomic mass is 9.49. The number of carbonyl (C=O) groups is 1. The number of allylic oxidation sites excluding steroid dienone is 1. The van der Waals surface area contributed by atoms with Gasteiger partial charge in [-0.2, -0.15) is 0 Å². The largest absolute Gasteiger partial charge is 0.462 e. The van der Waals surface area contributed by atoms with Gasteiger partial charge in [0.05, 0.1) is 6.10 Å². The van der Waals surface area contributed by atoms with Crippen LogP contribution in [-0.4, -0.2) is 23.3 Å². The van der Waals surface area contributed by atoms with Crippen molar-refractivity contribution < 1.29 is 14.6 Å². The van der Waals surface area contributed by atoms with Crippen molar-refractivity contribution in [3.63, 3.8) is 0 Å². The molecule has 8 atom stereocenters. The molecule has 24 heavy (non-hydrogen) atoms. The van der Waals surface area contributed by atoms with Gasteiger partial charge in [-0.1, -0.05) is 25.5 Å². The zero-order chi connectivity index (χ0) is 17.1. The van der Waals surface area contributed by atoms with Crippen molar-refractivity contribution in [2.75, 3.05) is 0 Å². The molecule has 0 saturated heterocycles. The van der Waals surface area contributed by atoms with E-state index >= 15 is 0 Å². The predicted molar refractivity (Wildman–Crippen MR) is 93.2 cm³/mol. The third-order valence-corrected chi connectivity index (χ3v) is 7.99. The van der Waals surface area contributed by atoms with Crippen molar-refractivity contribution in [3.05, 3.63) is 11.6 Å². The number of hydrogen-bond acceptors (Lipinski definition) is 3. The zero-order valence-corrected chi connectivity index (χ0v) is 15.3. The fourth-order valence-electron chi connectivity index (χ4n) is 7.06. The van der Waals surface area contributed by atoms with E-state index in [4.69, 9.17) is 4.74 Å². The minimum atomic E-state index is -0.214. The molecule has 134 valence electrons. The molecule has 0 aromatic carbocycles. The Labute approximate surface area is 145 Å². The van der Waals surface area contributed by atoms with Crippen molar-refractivity contribution in [2.45, 2.75) is 77.9 Å². The lowest BCUT2D eigenvalue weighted by molar-refractivity contribution is -0.157. The molecule has 4 rings (SSSR count). The molecule has 3 nitrogen and oxygen atoms in total. The molecular formula is C21H32O3. The molecule has 3 saturated carbocycles. The van der Waals surface area contributed by atoms with E-state index in [1.54, 1.807) is 12.5 Å². The second kappa shape index (κ2) is 5.86. The minimum Gasteiger partial charge on any atom is -0.462 e. The standard InChI is InChI=1S/C21H32O3/c1-12-10-14-11-15(23)4-5-16(14)17-8-9-21(3)18(20(12)17)6-7-19(21)24-13(2)22/h11-12,15-20,23H,4-10H2,1-3H3/t12-,15-,16+,17-,18+,19+,20-,21+/m1/s1. The molecule has 1 N–H and O–H groups in total. The smallest absolute Gasteiger partial charge is 0.302 e. The Morgan fingerprint density at radius 3 is 2.79 bits per heavy atom. The molecule has 4 aliphatic carbocycles. The normalized spacial score (nSPS) is 50.3. The van der Waals surface area contributed by atoms with Gasteiger partial charge in [0, 0.05) is 12.3 Å². The maximum Gasteiger partial charge on any atom is 0.302 e. The summed E-state index contributed by atoms with van der Waals surface area (Å²) >= 11 is 0. The molecule has 4 aliphatic rings. The maximum absolute atomic E-state index is 11.5. The molecule has 0 bridgehead atoms. The van der Waals surface area contributed by atoms with Crippen LogP contribution in [0, 0.1) is 35.0 Å². The summed E-state index contributed by atoms with van der Waals surface area (Å²) in [5.41, 5.74) is 1.72. The van der Waals surface area contributed by atoms with Gasteiger partial charge in [0.15, 0.2) is 0 Å². The number of rotatable bonds is 1. The van der Waals surface area contributed by atoms with Crippen LogP contribution in [0.15, 0.2) is 11.6 Å². The van der Waals surface area contributed by atoms with Crippen LogP contribution in [0.25, 0.3) is 0 Å². The maximum atomic E-state index is 11.5. The predicted octanol–water partition coefficient (Wildman–Crippen LogP) is 4.10. The van der Waals surface area contributed by atoms with E-state index in [0.29, 0.717) is 17.8 Å². The summed E-state index contributed by atoms with van der Waals surface area (Å²) in [4.78, 5) is 11.5. The monoisotopic (exact) mass is 332 g/mol. The number of fused-ring (bicyclic) bond motifs is 5. The number of carbonyl (C=O) groups excluding carboxylic acids is 1. The molecule has 0 aromatic heterocycles. The van der Waals surface area contributed by atoms with Gasteiger partial charge in [-0.25, -0.2) is 0 Å². The van der Waals surface area contributed by atoms with Gasteiger partial charge in [0.1, 0.15) is 6.10 Å². The first kappa shape index (κ1) is 16.6. The van der Waals surface area contributed by atoms with Gasteiger partial charge in [0.25, 0.3) is 0 Å². The van der Waals surface area contributed by atoms with E-state index in [1.807, 2.05) is 0 Å². The Morgan fingerprint density at radius 1 is 1.25 bits per heavy atom. The van der Waals surface area contributed by atoms with Gasteiger partial charge >= 0.3 is 5.97 Å². The quantitative estimate of drug-likeness (QED) is 0.581. The van der Waals surface area contributed by atoms with Crippen LogP contribution in [-0.2, 0) is 9.53 Å². The van der Waals surface area contributed by atoms with Crippen LogP contribution in [0.3, 0.4) is 0 Å². The van der Waals surface area contributed by atoms with Crippen LogP contribution in [0.2, 0.25) is 0 Å². The molecular weight excluding hydrogens is 300 g/mol. The number of aliphatic hydroxyl groups is 1. The Kier molecular flexibility index (Phi) is 4.06. The fourth-order valence-corrected chi connectivity index (χ4v) is 7.06. The molecule has 0 radical (unpaired) electrons. The van der Waals surface area contributed by atoms with Crippen molar-refractivity contribution in [3.8, 4) is 0 Å². The highest BCUT2D eigenvalue weighted by Gasteiger charge is 2.58. The zero-order valence-electron chi connectivity index (χ0n) is 15.3. The molecule has 3 heteroatoms. The molecule has 0 spiro atoms. The summed E-state index contributed by atoms with van der Waals surface area (Å²) in [6.07, 6.45) is 10.1. The lowest BCUT2D eigenvalue weighted by Gasteiger charge is -2.56. The SMILES string of the molecule is CC(=O)O[C@H]1CC[C@H]2[C@H]3[C@H](CC[C@]12C)[C@H]1CC[C@@H](O)C=C1C[C@H]3C. The van der Waals surface area contributed by atoms with E-state index in [0.717, 1.165) is 37.5 Å². The fraction of sp³-hybridized carbons (Fsp3) is 0.857. The first-order chi connectivity index (χ1) is 11.4. The van der Waals surface area contributed by atoms with Crippen LogP contribution < -0.4 is 0 Å². The van der Waals surface area contributed by atoms with Gasteiger partial charge < -0.3 is 9.84 Å².